The van der Waals surface area contributed by atoms with Gasteiger partial charge in [0.2, 0.25) is 5.95 Å². The average Bonchev–Trinajstić information content (AvgIpc) is 2.61. The summed E-state index contributed by atoms with van der Waals surface area (Å²) in [5.74, 6) is 2.35. The summed E-state index contributed by atoms with van der Waals surface area (Å²) in [7, 11) is 0. The van der Waals surface area contributed by atoms with Gasteiger partial charge in [0.1, 0.15) is 0 Å². The second-order valence-corrected chi connectivity index (χ2v) is 8.40. The first-order valence-electron chi connectivity index (χ1n) is 9.39. The number of nitrogens with zero attached hydrogens (tertiary/aromatic N) is 3. The van der Waals surface area contributed by atoms with E-state index in [4.69, 9.17) is 16.6 Å². The molecule has 0 spiro atoms. The van der Waals surface area contributed by atoms with E-state index >= 15 is 0 Å². The van der Waals surface area contributed by atoms with Crippen LogP contribution in [-0.4, -0.2) is 28.8 Å². The molecule has 0 amide bonds. The average molecular weight is 370 g/mol. The fourth-order valence-corrected chi connectivity index (χ4v) is 4.51. The lowest BCUT2D eigenvalue weighted by atomic mass is 9.82. The number of aromatic nitrogens is 2. The quantitative estimate of drug-likeness (QED) is 0.780. The molecule has 2 aliphatic rings. The normalized spacial score (nSPS) is 25.9. The van der Waals surface area contributed by atoms with Gasteiger partial charge in [-0.05, 0) is 48.3 Å². The second-order valence-electron chi connectivity index (χ2n) is 7.96. The van der Waals surface area contributed by atoms with E-state index in [0.717, 1.165) is 36.7 Å². The summed E-state index contributed by atoms with van der Waals surface area (Å²) in [6.07, 6.45) is 4.27. The van der Waals surface area contributed by atoms with Crippen LogP contribution >= 0.6 is 11.6 Å². The first kappa shape index (κ1) is 17.5. The third kappa shape index (κ3) is 3.48. The Morgan fingerprint density at radius 2 is 1.77 bits per heavy atom. The smallest absolute Gasteiger partial charge is 0.225 e. The predicted octanol–water partition coefficient (Wildman–Crippen LogP) is 4.53. The minimum atomic E-state index is 0.137. The Kier molecular flexibility index (Phi) is 4.70. The minimum Gasteiger partial charge on any atom is -0.340 e. The van der Waals surface area contributed by atoms with Crippen LogP contribution in [0.25, 0.3) is 0 Å². The maximum atomic E-state index is 12.6. The highest BCUT2D eigenvalue weighted by Crippen LogP contribution is 2.33. The Hall–Kier alpha value is -1.94. The van der Waals surface area contributed by atoms with E-state index < -0.39 is 0 Å². The zero-order chi connectivity index (χ0) is 18.3. The lowest BCUT2D eigenvalue weighted by Crippen LogP contribution is -2.40. The zero-order valence-corrected chi connectivity index (χ0v) is 16.0. The van der Waals surface area contributed by atoms with Crippen LogP contribution in [0.15, 0.2) is 30.5 Å². The Balaban J connectivity index is 1.61. The third-order valence-corrected chi connectivity index (χ3v) is 5.77. The maximum Gasteiger partial charge on any atom is 0.225 e. The van der Waals surface area contributed by atoms with Crippen LogP contribution < -0.4 is 4.90 Å². The first-order chi connectivity index (χ1) is 12.5. The van der Waals surface area contributed by atoms with Gasteiger partial charge in [-0.15, -0.1) is 0 Å². The van der Waals surface area contributed by atoms with Gasteiger partial charge in [0.15, 0.2) is 5.78 Å². The molecule has 0 N–H and O–H groups in total. The molecule has 3 atom stereocenters. The highest BCUT2D eigenvalue weighted by atomic mass is 35.5. The van der Waals surface area contributed by atoms with Gasteiger partial charge in [-0.25, -0.2) is 9.97 Å². The molecule has 5 heteroatoms. The van der Waals surface area contributed by atoms with Crippen LogP contribution in [0, 0.1) is 11.8 Å². The van der Waals surface area contributed by atoms with Gasteiger partial charge in [0, 0.05) is 30.7 Å². The number of hydrogen-bond acceptors (Lipinski definition) is 4. The van der Waals surface area contributed by atoms with E-state index in [0.29, 0.717) is 28.8 Å². The van der Waals surface area contributed by atoms with Gasteiger partial charge in [-0.2, -0.15) is 0 Å². The van der Waals surface area contributed by atoms with Gasteiger partial charge in [-0.3, -0.25) is 4.79 Å². The van der Waals surface area contributed by atoms with Crippen molar-refractivity contribution in [2.75, 3.05) is 18.0 Å². The summed E-state index contributed by atoms with van der Waals surface area (Å²) in [6.45, 7) is 6.53. The molecule has 1 fully saturated rings. The predicted molar refractivity (Wildman–Crippen MR) is 104 cm³/mol. The second kappa shape index (κ2) is 6.99. The standard InChI is InChI=1S/C21H24ClN3O/c1-13-7-14(2)12-25(11-13)21-23-10-18-19(24-21)8-16(9-20(18)26)15-3-5-17(22)6-4-15/h3-6,10,13-14,16H,7-9,11-12H2,1-2H3/t13-,14+,16-/m0/s1. The molecule has 1 saturated heterocycles. The Bertz CT molecular complexity index is 811. The molecular formula is C21H24ClN3O. The van der Waals surface area contributed by atoms with Crippen LogP contribution in [0.5, 0.6) is 0 Å². The minimum absolute atomic E-state index is 0.137. The number of carbonyl (C=O) groups excluding carboxylic acids is 1. The molecular weight excluding hydrogens is 346 g/mol. The molecule has 2 heterocycles. The summed E-state index contributed by atoms with van der Waals surface area (Å²) in [5.41, 5.74) is 2.72. The van der Waals surface area contributed by atoms with E-state index in [-0.39, 0.29) is 11.7 Å². The summed E-state index contributed by atoms with van der Waals surface area (Å²) in [6, 6.07) is 7.81. The molecule has 26 heavy (non-hydrogen) atoms. The number of piperidine rings is 1. The lowest BCUT2D eigenvalue weighted by molar-refractivity contribution is 0.0962. The maximum absolute atomic E-state index is 12.6. The van der Waals surface area contributed by atoms with E-state index in [1.54, 1.807) is 6.20 Å². The number of halogens is 1. The largest absolute Gasteiger partial charge is 0.340 e. The van der Waals surface area contributed by atoms with E-state index in [9.17, 15) is 4.79 Å². The molecule has 1 aliphatic heterocycles. The van der Waals surface area contributed by atoms with E-state index in [2.05, 4.69) is 23.7 Å². The molecule has 1 aromatic heterocycles. The van der Waals surface area contributed by atoms with E-state index in [1.165, 1.54) is 6.42 Å². The van der Waals surface area contributed by atoms with Crippen LogP contribution in [0.3, 0.4) is 0 Å². The van der Waals surface area contributed by atoms with Gasteiger partial charge in [-0.1, -0.05) is 37.6 Å². The van der Waals surface area contributed by atoms with Crippen molar-refractivity contribution < 1.29 is 4.79 Å². The molecule has 0 bridgehead atoms. The fraction of sp³-hybridized carbons (Fsp3) is 0.476. The summed E-state index contributed by atoms with van der Waals surface area (Å²) in [4.78, 5) is 24.2. The molecule has 0 radical (unpaired) electrons. The summed E-state index contributed by atoms with van der Waals surface area (Å²) >= 11 is 6.00. The van der Waals surface area contributed by atoms with Crippen LogP contribution in [0.4, 0.5) is 5.95 Å². The Labute approximate surface area is 159 Å². The highest BCUT2D eigenvalue weighted by molar-refractivity contribution is 6.30. The SMILES string of the molecule is C[C@@H]1C[C@H](C)CN(c2ncc3c(n2)C[C@H](c2ccc(Cl)cc2)CC3=O)C1. The fourth-order valence-electron chi connectivity index (χ4n) is 4.38. The topological polar surface area (TPSA) is 46.1 Å². The summed E-state index contributed by atoms with van der Waals surface area (Å²) in [5, 5.41) is 0.717. The zero-order valence-electron chi connectivity index (χ0n) is 15.3. The van der Waals surface area contributed by atoms with Crippen molar-refractivity contribution in [3.63, 3.8) is 0 Å². The van der Waals surface area contributed by atoms with Crippen molar-refractivity contribution in [1.29, 1.82) is 0 Å². The van der Waals surface area contributed by atoms with Gasteiger partial charge in [0.05, 0.1) is 11.3 Å². The molecule has 1 aromatic carbocycles. The molecule has 4 nitrogen and oxygen atoms in total. The number of benzene rings is 1. The summed E-state index contributed by atoms with van der Waals surface area (Å²) < 4.78 is 0. The molecule has 136 valence electrons. The number of Topliss-reactive ketones (excluding diaryl/α,β-unsaturated/α-hetero) is 1. The number of ketones is 1. The van der Waals surface area contributed by atoms with Crippen molar-refractivity contribution >= 4 is 23.3 Å². The number of rotatable bonds is 2. The Morgan fingerprint density at radius 1 is 1.08 bits per heavy atom. The first-order valence-corrected chi connectivity index (χ1v) is 9.77. The number of fused-ring (bicyclic) bond motifs is 1. The van der Waals surface area contributed by atoms with E-state index in [1.807, 2.05) is 24.3 Å². The van der Waals surface area contributed by atoms with Gasteiger partial charge >= 0.3 is 0 Å². The highest BCUT2D eigenvalue weighted by Gasteiger charge is 2.30. The number of hydrogen-bond donors (Lipinski definition) is 0. The molecule has 1 aliphatic carbocycles. The van der Waals surface area contributed by atoms with Crippen molar-refractivity contribution in [3.05, 3.63) is 52.3 Å². The van der Waals surface area contributed by atoms with Crippen LogP contribution in [-0.2, 0) is 6.42 Å². The van der Waals surface area contributed by atoms with Crippen molar-refractivity contribution in [1.82, 2.24) is 9.97 Å². The van der Waals surface area contributed by atoms with Gasteiger partial charge in [0.25, 0.3) is 0 Å². The molecule has 2 aromatic rings. The van der Waals surface area contributed by atoms with Crippen molar-refractivity contribution in [2.24, 2.45) is 11.8 Å². The Morgan fingerprint density at radius 3 is 2.46 bits per heavy atom. The third-order valence-electron chi connectivity index (χ3n) is 5.52. The number of carbonyl (C=O) groups is 1. The lowest BCUT2D eigenvalue weighted by Gasteiger charge is -2.35. The van der Waals surface area contributed by atoms with Crippen LogP contribution in [0.1, 0.15) is 54.2 Å². The molecule has 4 rings (SSSR count). The molecule has 0 saturated carbocycles. The van der Waals surface area contributed by atoms with Gasteiger partial charge < -0.3 is 4.90 Å². The van der Waals surface area contributed by atoms with Crippen LogP contribution in [0.2, 0.25) is 5.02 Å². The number of anilines is 1. The monoisotopic (exact) mass is 369 g/mol. The van der Waals surface area contributed by atoms with Crippen molar-refractivity contribution in [3.8, 4) is 0 Å². The van der Waals surface area contributed by atoms with Crippen molar-refractivity contribution in [2.45, 2.75) is 39.0 Å². The molecule has 0 unspecified atom stereocenters.